The quantitative estimate of drug-likeness (QED) is 0.130. The number of carbonyl (C=O) groups is 2. The van der Waals surface area contributed by atoms with Crippen LogP contribution in [0, 0.1) is 0 Å². The summed E-state index contributed by atoms with van der Waals surface area (Å²) in [5, 5.41) is 7.06. The molecule has 6 heterocycles. The lowest BCUT2D eigenvalue weighted by molar-refractivity contribution is 0.0855. The number of fused-ring (bicyclic) bond motifs is 2. The number of anilines is 2. The molecule has 2 saturated heterocycles. The van der Waals surface area contributed by atoms with E-state index in [9.17, 15) is 9.59 Å². The predicted molar refractivity (Wildman–Crippen MR) is 226 cm³/mol. The first-order valence-electron chi connectivity index (χ1n) is 19.5. The summed E-state index contributed by atoms with van der Waals surface area (Å²) in [7, 11) is 3.29. The van der Waals surface area contributed by atoms with Gasteiger partial charge in [-0.05, 0) is 97.9 Å². The van der Waals surface area contributed by atoms with Gasteiger partial charge < -0.3 is 18.9 Å². The minimum absolute atomic E-state index is 0.171. The van der Waals surface area contributed by atoms with Gasteiger partial charge in [-0.25, -0.2) is 9.97 Å². The third-order valence-corrected chi connectivity index (χ3v) is 12.3. The number of nitrogens with one attached hydrogen (secondary N) is 2. The zero-order chi connectivity index (χ0) is 39.7. The first-order valence-corrected chi connectivity index (χ1v) is 21.1. The van der Waals surface area contributed by atoms with E-state index in [1.165, 1.54) is 33.8 Å². The van der Waals surface area contributed by atoms with Crippen molar-refractivity contribution in [1.82, 2.24) is 19.9 Å². The Morgan fingerprint density at radius 2 is 1.14 bits per heavy atom. The smallest absolute Gasteiger partial charge is 0.257 e. The highest BCUT2D eigenvalue weighted by molar-refractivity contribution is 7.23. The lowest BCUT2D eigenvalue weighted by Gasteiger charge is -2.23. The van der Waals surface area contributed by atoms with Crippen LogP contribution in [0.4, 0.5) is 10.3 Å². The molecule has 2 aliphatic heterocycles. The predicted octanol–water partition coefficient (Wildman–Crippen LogP) is 9.21. The molecule has 2 amide bonds. The van der Waals surface area contributed by atoms with Gasteiger partial charge in [0.25, 0.3) is 11.8 Å². The number of nitrogens with zero attached hydrogens (tertiary/aromatic N) is 4. The number of hydrogen-bond acceptors (Lipinski definition) is 12. The van der Waals surface area contributed by atoms with Crippen molar-refractivity contribution in [2.75, 3.05) is 51.3 Å². The van der Waals surface area contributed by atoms with E-state index in [1.807, 2.05) is 31.2 Å². The van der Waals surface area contributed by atoms with E-state index < -0.39 is 0 Å². The first-order chi connectivity index (χ1) is 27.9. The van der Waals surface area contributed by atoms with Crippen molar-refractivity contribution in [3.05, 3.63) is 94.6 Å². The standard InChI is InChI=1S/C22H25N3O3S.C21H23N3O3S/c1-3-4-16-13-15(7-10-23-16)21(26)25-22-24-19-18(27-2)6-5-17(20(19)29-22)14-8-11-28-12-9-14;1-3-15-12-14(6-9-22-15)20(25)24-21-23-18-17(26-2)5-4-16(19(18)28-21)13-7-10-27-11-8-13/h5-7,10,13-14H,3-4,8-9,11-12H2,1-2H3,(H,24,25,26);4-6,9,12-13H,3,7-8,10-11H2,1-2H3,(H,23,24,25). The van der Waals surface area contributed by atoms with Crippen molar-refractivity contribution in [2.45, 2.75) is 70.6 Å². The summed E-state index contributed by atoms with van der Waals surface area (Å²) in [5.74, 6) is 1.98. The molecule has 57 heavy (non-hydrogen) atoms. The second-order valence-corrected chi connectivity index (χ2v) is 16.0. The molecule has 0 atom stereocenters. The number of pyridine rings is 2. The number of carbonyl (C=O) groups excluding carboxylic acids is 2. The van der Waals surface area contributed by atoms with E-state index in [2.05, 4.69) is 49.6 Å². The monoisotopic (exact) mass is 808 g/mol. The van der Waals surface area contributed by atoms with Gasteiger partial charge in [0.15, 0.2) is 10.3 Å². The normalized spacial score (nSPS) is 14.9. The van der Waals surface area contributed by atoms with Gasteiger partial charge in [0, 0.05) is 61.3 Å². The summed E-state index contributed by atoms with van der Waals surface area (Å²) >= 11 is 3.01. The molecule has 0 saturated carbocycles. The fraction of sp³-hybridized carbons (Fsp3) is 0.395. The molecule has 2 aliphatic rings. The summed E-state index contributed by atoms with van der Waals surface area (Å²) in [6, 6.07) is 15.3. The number of aromatic nitrogens is 4. The third kappa shape index (κ3) is 9.41. The van der Waals surface area contributed by atoms with Crippen LogP contribution in [-0.2, 0) is 22.3 Å². The van der Waals surface area contributed by atoms with Crippen LogP contribution in [0.5, 0.6) is 11.5 Å². The Bertz CT molecular complexity index is 2330. The van der Waals surface area contributed by atoms with E-state index in [0.717, 1.165) is 115 Å². The second kappa shape index (κ2) is 18.9. The van der Waals surface area contributed by atoms with E-state index in [4.69, 9.17) is 18.9 Å². The van der Waals surface area contributed by atoms with Gasteiger partial charge >= 0.3 is 0 Å². The highest BCUT2D eigenvalue weighted by Crippen LogP contribution is 2.42. The molecule has 2 N–H and O–H groups in total. The minimum atomic E-state index is -0.178. The topological polar surface area (TPSA) is 147 Å². The molecule has 12 nitrogen and oxygen atoms in total. The van der Waals surface area contributed by atoms with E-state index in [-0.39, 0.29) is 11.8 Å². The molecular weight excluding hydrogens is 761 g/mol. The number of methoxy groups -OCH3 is 2. The summed E-state index contributed by atoms with van der Waals surface area (Å²) in [6.07, 6.45) is 9.97. The summed E-state index contributed by atoms with van der Waals surface area (Å²) in [5.41, 5.74) is 7.12. The van der Waals surface area contributed by atoms with Crippen molar-refractivity contribution in [1.29, 1.82) is 0 Å². The fourth-order valence-electron chi connectivity index (χ4n) is 7.27. The zero-order valence-electron chi connectivity index (χ0n) is 32.8. The molecule has 2 fully saturated rings. The van der Waals surface area contributed by atoms with Crippen molar-refractivity contribution in [3.63, 3.8) is 0 Å². The number of aryl methyl sites for hydroxylation is 2. The van der Waals surface area contributed by atoms with Gasteiger partial charge in [-0.2, -0.15) is 0 Å². The Labute approximate surface area is 340 Å². The van der Waals surface area contributed by atoms with Crippen LogP contribution < -0.4 is 20.1 Å². The molecule has 0 aliphatic carbocycles. The Balaban J connectivity index is 0.000000174. The molecule has 14 heteroatoms. The van der Waals surface area contributed by atoms with Crippen LogP contribution in [0.3, 0.4) is 0 Å². The van der Waals surface area contributed by atoms with Crippen molar-refractivity contribution in [3.8, 4) is 11.5 Å². The summed E-state index contributed by atoms with van der Waals surface area (Å²) in [6.45, 7) is 7.23. The van der Waals surface area contributed by atoms with Crippen molar-refractivity contribution >= 4 is 65.2 Å². The van der Waals surface area contributed by atoms with Crippen LogP contribution in [0.2, 0.25) is 0 Å². The molecule has 0 spiro atoms. The van der Waals surface area contributed by atoms with Crippen LogP contribution in [0.1, 0.15) is 101 Å². The van der Waals surface area contributed by atoms with Crippen LogP contribution in [0.15, 0.2) is 60.9 Å². The van der Waals surface area contributed by atoms with E-state index >= 15 is 0 Å². The van der Waals surface area contributed by atoms with Crippen LogP contribution in [-0.4, -0.2) is 72.4 Å². The van der Waals surface area contributed by atoms with Gasteiger partial charge in [0.1, 0.15) is 22.5 Å². The number of hydrogen-bond donors (Lipinski definition) is 2. The molecule has 2 aromatic carbocycles. The average Bonchev–Trinajstić information content (AvgIpc) is 3.88. The van der Waals surface area contributed by atoms with Crippen LogP contribution >= 0.6 is 22.7 Å². The largest absolute Gasteiger partial charge is 0.494 e. The van der Waals surface area contributed by atoms with Gasteiger partial charge in [-0.1, -0.05) is 55.1 Å². The maximum Gasteiger partial charge on any atom is 0.257 e. The van der Waals surface area contributed by atoms with Gasteiger partial charge in [0.05, 0.1) is 23.6 Å². The number of amides is 2. The number of thiazole rings is 2. The molecule has 0 radical (unpaired) electrons. The molecule has 0 bridgehead atoms. The third-order valence-electron chi connectivity index (χ3n) is 10.3. The molecule has 298 valence electrons. The molecule has 0 unspecified atom stereocenters. The van der Waals surface area contributed by atoms with Gasteiger partial charge in [-0.3, -0.25) is 30.2 Å². The van der Waals surface area contributed by atoms with Gasteiger partial charge in [0.2, 0.25) is 0 Å². The van der Waals surface area contributed by atoms with Crippen LogP contribution in [0.25, 0.3) is 20.4 Å². The number of benzene rings is 2. The lowest BCUT2D eigenvalue weighted by atomic mass is 9.91. The average molecular weight is 809 g/mol. The maximum absolute atomic E-state index is 12.8. The Morgan fingerprint density at radius 3 is 1.58 bits per heavy atom. The number of rotatable bonds is 11. The Hall–Kier alpha value is -5.02. The second-order valence-electron chi connectivity index (χ2n) is 14.0. The van der Waals surface area contributed by atoms with E-state index in [0.29, 0.717) is 33.2 Å². The lowest BCUT2D eigenvalue weighted by Crippen LogP contribution is -2.14. The molecule has 6 aromatic rings. The maximum atomic E-state index is 12.8. The Kier molecular flexibility index (Phi) is 13.4. The molecule has 4 aromatic heterocycles. The van der Waals surface area contributed by atoms with Crippen molar-refractivity contribution in [2.24, 2.45) is 0 Å². The van der Waals surface area contributed by atoms with Crippen molar-refractivity contribution < 1.29 is 28.5 Å². The number of ether oxygens (including phenoxy) is 4. The Morgan fingerprint density at radius 1 is 0.684 bits per heavy atom. The highest BCUT2D eigenvalue weighted by Gasteiger charge is 2.24. The molecule has 8 rings (SSSR count). The molecular formula is C43H48N6O6S2. The first kappa shape index (κ1) is 40.2. The fourth-order valence-corrected chi connectivity index (χ4v) is 9.40. The summed E-state index contributed by atoms with van der Waals surface area (Å²) < 4.78 is 24.2. The minimum Gasteiger partial charge on any atom is -0.494 e. The zero-order valence-corrected chi connectivity index (χ0v) is 34.4. The van der Waals surface area contributed by atoms with Gasteiger partial charge in [-0.15, -0.1) is 0 Å². The SMILES string of the molecule is CCCc1cc(C(=O)Nc2nc3c(OC)ccc(C4CCOCC4)c3s2)ccn1.CCc1cc(C(=O)Nc2nc3c(OC)ccc(C4CCOCC4)c3s2)ccn1. The van der Waals surface area contributed by atoms with E-state index in [1.54, 1.807) is 38.7 Å². The highest BCUT2D eigenvalue weighted by atomic mass is 32.1. The summed E-state index contributed by atoms with van der Waals surface area (Å²) in [4.78, 5) is 43.4.